The first-order valence-electron chi connectivity index (χ1n) is 8.84. The maximum Gasteiger partial charge on any atom is 0.253 e. The van der Waals surface area contributed by atoms with Gasteiger partial charge in [0, 0.05) is 6.08 Å². The second-order valence-electron chi connectivity index (χ2n) is 6.24. The molecule has 0 spiro atoms. The Morgan fingerprint density at radius 2 is 1.68 bits per heavy atom. The third-order valence-electron chi connectivity index (χ3n) is 4.26. The molecule has 0 saturated carbocycles. The van der Waals surface area contributed by atoms with E-state index in [0.29, 0.717) is 21.9 Å². The van der Waals surface area contributed by atoms with Crippen LogP contribution in [0.2, 0.25) is 0 Å². The third-order valence-corrected chi connectivity index (χ3v) is 5.30. The number of hydrogen-bond acceptors (Lipinski definition) is 3. The Morgan fingerprint density at radius 1 is 0.964 bits per heavy atom. The van der Waals surface area contributed by atoms with Gasteiger partial charge in [-0.15, -0.1) is 0 Å². The van der Waals surface area contributed by atoms with Crippen LogP contribution in [0.5, 0.6) is 0 Å². The van der Waals surface area contributed by atoms with Gasteiger partial charge in [-0.2, -0.15) is 0 Å². The molecule has 0 N–H and O–H groups in total. The van der Waals surface area contributed by atoms with Gasteiger partial charge in [0.2, 0.25) is 0 Å². The van der Waals surface area contributed by atoms with Gasteiger partial charge in [0.05, 0.1) is 11.2 Å². The summed E-state index contributed by atoms with van der Waals surface area (Å²) in [5.74, 6) is -0.584. The SMILES string of the molecule is O=C(/C=C/c1ccccc1)N(Cc1ccccc1)c1nc2c(F)cccc2s1. The average Bonchev–Trinajstić information content (AvgIpc) is 3.17. The zero-order valence-corrected chi connectivity index (χ0v) is 15.8. The van der Waals surface area contributed by atoms with E-state index >= 15 is 0 Å². The van der Waals surface area contributed by atoms with E-state index in [9.17, 15) is 9.18 Å². The van der Waals surface area contributed by atoms with Gasteiger partial charge in [-0.25, -0.2) is 9.37 Å². The maximum atomic E-state index is 14.1. The molecule has 4 rings (SSSR count). The number of carbonyl (C=O) groups is 1. The number of carbonyl (C=O) groups excluding carboxylic acids is 1. The molecule has 3 aromatic carbocycles. The van der Waals surface area contributed by atoms with E-state index in [-0.39, 0.29) is 11.7 Å². The van der Waals surface area contributed by atoms with Crippen LogP contribution >= 0.6 is 11.3 Å². The van der Waals surface area contributed by atoms with Crippen LogP contribution in [0.15, 0.2) is 84.9 Å². The van der Waals surface area contributed by atoms with Crippen LogP contribution in [-0.2, 0) is 11.3 Å². The average molecular weight is 388 g/mol. The van der Waals surface area contributed by atoms with Crippen molar-refractivity contribution in [2.45, 2.75) is 6.54 Å². The fourth-order valence-electron chi connectivity index (χ4n) is 2.85. The van der Waals surface area contributed by atoms with E-state index in [1.165, 1.54) is 23.5 Å². The number of aromatic nitrogens is 1. The maximum absolute atomic E-state index is 14.1. The molecule has 0 bridgehead atoms. The fraction of sp³-hybridized carbons (Fsp3) is 0.0435. The van der Waals surface area contributed by atoms with Gasteiger partial charge in [0.25, 0.3) is 5.91 Å². The van der Waals surface area contributed by atoms with Gasteiger partial charge >= 0.3 is 0 Å². The topological polar surface area (TPSA) is 33.2 Å². The van der Waals surface area contributed by atoms with Crippen LogP contribution in [0.4, 0.5) is 9.52 Å². The highest BCUT2D eigenvalue weighted by Gasteiger charge is 2.19. The van der Waals surface area contributed by atoms with Gasteiger partial charge in [-0.05, 0) is 29.3 Å². The first-order chi connectivity index (χ1) is 13.7. The molecule has 1 aromatic heterocycles. The van der Waals surface area contributed by atoms with Crippen LogP contribution in [-0.4, -0.2) is 10.9 Å². The molecule has 0 fully saturated rings. The Hall–Kier alpha value is -3.31. The number of benzene rings is 3. The Bertz CT molecular complexity index is 1120. The molecule has 4 aromatic rings. The lowest BCUT2D eigenvalue weighted by Crippen LogP contribution is -2.28. The number of rotatable bonds is 5. The first kappa shape index (κ1) is 18.1. The lowest BCUT2D eigenvalue weighted by Gasteiger charge is -2.18. The summed E-state index contributed by atoms with van der Waals surface area (Å²) in [7, 11) is 0. The second kappa shape index (κ2) is 8.15. The minimum Gasteiger partial charge on any atom is -0.280 e. The number of anilines is 1. The normalized spacial score (nSPS) is 11.2. The van der Waals surface area contributed by atoms with E-state index in [2.05, 4.69) is 4.98 Å². The molecule has 138 valence electrons. The Morgan fingerprint density at radius 3 is 2.39 bits per heavy atom. The number of amides is 1. The van der Waals surface area contributed by atoms with E-state index in [4.69, 9.17) is 0 Å². The van der Waals surface area contributed by atoms with E-state index < -0.39 is 0 Å². The molecule has 28 heavy (non-hydrogen) atoms. The summed E-state index contributed by atoms with van der Waals surface area (Å²) in [6, 6.07) is 24.2. The lowest BCUT2D eigenvalue weighted by atomic mass is 10.2. The van der Waals surface area contributed by atoms with E-state index in [0.717, 1.165) is 11.1 Å². The summed E-state index contributed by atoms with van der Waals surface area (Å²) in [6.07, 6.45) is 3.30. The summed E-state index contributed by atoms with van der Waals surface area (Å²) >= 11 is 1.31. The number of para-hydroxylation sites is 1. The number of halogens is 1. The van der Waals surface area contributed by atoms with Gasteiger partial charge < -0.3 is 0 Å². The van der Waals surface area contributed by atoms with Crippen molar-refractivity contribution in [1.29, 1.82) is 0 Å². The number of nitrogens with zero attached hydrogens (tertiary/aromatic N) is 2. The van der Waals surface area contributed by atoms with Crippen LogP contribution in [0.1, 0.15) is 11.1 Å². The highest BCUT2D eigenvalue weighted by Crippen LogP contribution is 2.31. The third kappa shape index (κ3) is 4.00. The minimum absolute atomic E-state index is 0.202. The molecule has 0 atom stereocenters. The predicted molar refractivity (Wildman–Crippen MR) is 113 cm³/mol. The van der Waals surface area contributed by atoms with Crippen molar-refractivity contribution in [3.8, 4) is 0 Å². The lowest BCUT2D eigenvalue weighted by molar-refractivity contribution is -0.114. The first-order valence-corrected chi connectivity index (χ1v) is 9.66. The molecule has 0 aliphatic carbocycles. The molecule has 5 heteroatoms. The fourth-order valence-corrected chi connectivity index (χ4v) is 3.83. The summed E-state index contributed by atoms with van der Waals surface area (Å²) in [6.45, 7) is 0.361. The van der Waals surface area contributed by atoms with Crippen LogP contribution in [0.3, 0.4) is 0 Å². The standard InChI is InChI=1S/C23H17FN2OS/c24-19-12-7-13-20-22(19)25-23(28-20)26(16-18-10-5-2-6-11-18)21(27)15-14-17-8-3-1-4-9-17/h1-15H,16H2/b15-14+. The number of fused-ring (bicyclic) bond motifs is 1. The summed E-state index contributed by atoms with van der Waals surface area (Å²) < 4.78 is 14.8. The van der Waals surface area contributed by atoms with Crippen molar-refractivity contribution in [3.63, 3.8) is 0 Å². The molecule has 3 nitrogen and oxygen atoms in total. The van der Waals surface area contributed by atoms with E-state index in [1.54, 1.807) is 17.0 Å². The molecule has 0 radical (unpaired) electrons. The van der Waals surface area contributed by atoms with Crippen LogP contribution in [0, 0.1) is 5.82 Å². The quantitative estimate of drug-likeness (QED) is 0.412. The monoisotopic (exact) mass is 388 g/mol. The highest BCUT2D eigenvalue weighted by atomic mass is 32.1. The van der Waals surface area contributed by atoms with Gasteiger partial charge in [-0.1, -0.05) is 78.1 Å². The van der Waals surface area contributed by atoms with Crippen LogP contribution < -0.4 is 4.90 Å². The zero-order valence-electron chi connectivity index (χ0n) is 15.0. The Labute approximate surface area is 166 Å². The molecular weight excluding hydrogens is 371 g/mol. The van der Waals surface area contributed by atoms with Gasteiger partial charge in [0.1, 0.15) is 11.3 Å². The Balaban J connectivity index is 1.69. The van der Waals surface area contributed by atoms with Crippen molar-refractivity contribution < 1.29 is 9.18 Å². The van der Waals surface area contributed by atoms with Crippen molar-refractivity contribution in [3.05, 3.63) is 102 Å². The summed E-state index contributed by atoms with van der Waals surface area (Å²) in [5.41, 5.74) is 2.20. The highest BCUT2D eigenvalue weighted by molar-refractivity contribution is 7.22. The molecule has 0 saturated heterocycles. The smallest absolute Gasteiger partial charge is 0.253 e. The minimum atomic E-state index is -0.382. The summed E-state index contributed by atoms with van der Waals surface area (Å²) in [5, 5.41) is 0.478. The molecular formula is C23H17FN2OS. The summed E-state index contributed by atoms with van der Waals surface area (Å²) in [4.78, 5) is 19.0. The van der Waals surface area contributed by atoms with Gasteiger partial charge in [-0.3, -0.25) is 9.69 Å². The molecule has 0 unspecified atom stereocenters. The molecule has 1 amide bonds. The van der Waals surface area contributed by atoms with Crippen molar-refractivity contribution in [2.24, 2.45) is 0 Å². The van der Waals surface area contributed by atoms with Crippen molar-refractivity contribution >= 4 is 38.7 Å². The van der Waals surface area contributed by atoms with Crippen LogP contribution in [0.25, 0.3) is 16.3 Å². The molecule has 0 aliphatic heterocycles. The van der Waals surface area contributed by atoms with E-state index in [1.807, 2.05) is 66.7 Å². The number of thiazole rings is 1. The van der Waals surface area contributed by atoms with Crippen molar-refractivity contribution in [2.75, 3.05) is 4.90 Å². The molecule has 0 aliphatic rings. The zero-order chi connectivity index (χ0) is 19.3. The Kier molecular flexibility index (Phi) is 5.26. The predicted octanol–water partition coefficient (Wildman–Crippen LogP) is 5.68. The number of hydrogen-bond donors (Lipinski definition) is 0. The van der Waals surface area contributed by atoms with Gasteiger partial charge in [0.15, 0.2) is 5.13 Å². The van der Waals surface area contributed by atoms with Crippen molar-refractivity contribution in [1.82, 2.24) is 4.98 Å². The second-order valence-corrected chi connectivity index (χ2v) is 7.25. The largest absolute Gasteiger partial charge is 0.280 e. The molecule has 1 heterocycles.